The van der Waals surface area contributed by atoms with Crippen LogP contribution in [-0.4, -0.2) is 44.0 Å². The maximum Gasteiger partial charge on any atom is 0.137 e. The molecular formula is C15H29NO2. The van der Waals surface area contributed by atoms with Crippen molar-refractivity contribution in [3.63, 3.8) is 0 Å². The number of nitrogens with zero attached hydrogens (tertiary/aromatic N) is 1. The van der Waals surface area contributed by atoms with Gasteiger partial charge in [0.05, 0.1) is 6.61 Å². The van der Waals surface area contributed by atoms with Crippen LogP contribution in [0.1, 0.15) is 46.0 Å². The molecule has 1 aliphatic carbocycles. The SMILES string of the molecule is COCCN(CC(C)C)CC1CCCCCC1=O. The second kappa shape index (κ2) is 8.65. The summed E-state index contributed by atoms with van der Waals surface area (Å²) < 4.78 is 5.17. The number of ketones is 1. The molecule has 18 heavy (non-hydrogen) atoms. The Labute approximate surface area is 112 Å². The number of Topliss-reactive ketones (excluding diaryl/α,β-unsaturated/α-hetero) is 1. The minimum absolute atomic E-state index is 0.267. The van der Waals surface area contributed by atoms with Crippen molar-refractivity contribution in [2.45, 2.75) is 46.0 Å². The van der Waals surface area contributed by atoms with E-state index in [0.717, 1.165) is 45.5 Å². The van der Waals surface area contributed by atoms with Gasteiger partial charge in [-0.15, -0.1) is 0 Å². The quantitative estimate of drug-likeness (QED) is 0.655. The summed E-state index contributed by atoms with van der Waals surface area (Å²) in [6.45, 7) is 8.16. The number of hydrogen-bond donors (Lipinski definition) is 0. The fraction of sp³-hybridized carbons (Fsp3) is 0.933. The summed E-state index contributed by atoms with van der Waals surface area (Å²) in [6.07, 6.45) is 5.42. The van der Waals surface area contributed by atoms with Crippen molar-refractivity contribution < 1.29 is 9.53 Å². The van der Waals surface area contributed by atoms with Crippen molar-refractivity contribution in [2.24, 2.45) is 11.8 Å². The molecule has 1 saturated carbocycles. The normalized spacial score (nSPS) is 21.6. The third-order valence-electron chi connectivity index (χ3n) is 3.64. The molecule has 0 N–H and O–H groups in total. The second-order valence-corrected chi connectivity index (χ2v) is 5.91. The zero-order chi connectivity index (χ0) is 13.4. The van der Waals surface area contributed by atoms with Gasteiger partial charge >= 0.3 is 0 Å². The van der Waals surface area contributed by atoms with Gasteiger partial charge in [0, 0.05) is 39.1 Å². The maximum absolute atomic E-state index is 12.1. The molecule has 0 aliphatic heterocycles. The minimum Gasteiger partial charge on any atom is -0.383 e. The van der Waals surface area contributed by atoms with Crippen LogP contribution in [0.4, 0.5) is 0 Å². The molecule has 0 aromatic carbocycles. The Balaban J connectivity index is 2.48. The summed E-state index contributed by atoms with van der Waals surface area (Å²) in [5.41, 5.74) is 0. The Bertz CT molecular complexity index is 241. The average Bonchev–Trinajstić information content (AvgIpc) is 2.51. The minimum atomic E-state index is 0.267. The fourth-order valence-electron chi connectivity index (χ4n) is 2.73. The van der Waals surface area contributed by atoms with E-state index < -0.39 is 0 Å². The van der Waals surface area contributed by atoms with E-state index in [2.05, 4.69) is 18.7 Å². The van der Waals surface area contributed by atoms with E-state index in [1.807, 2.05) is 0 Å². The van der Waals surface area contributed by atoms with E-state index in [-0.39, 0.29) is 5.92 Å². The van der Waals surface area contributed by atoms with Crippen molar-refractivity contribution in [1.82, 2.24) is 4.90 Å². The molecule has 1 unspecified atom stereocenters. The lowest BCUT2D eigenvalue weighted by Gasteiger charge is -2.27. The van der Waals surface area contributed by atoms with Gasteiger partial charge in [-0.1, -0.05) is 26.7 Å². The van der Waals surface area contributed by atoms with Gasteiger partial charge in [0.25, 0.3) is 0 Å². The Hall–Kier alpha value is -0.410. The van der Waals surface area contributed by atoms with E-state index in [1.54, 1.807) is 7.11 Å². The second-order valence-electron chi connectivity index (χ2n) is 5.91. The summed E-state index contributed by atoms with van der Waals surface area (Å²) in [5.74, 6) is 1.39. The highest BCUT2D eigenvalue weighted by atomic mass is 16.5. The zero-order valence-corrected chi connectivity index (χ0v) is 12.3. The van der Waals surface area contributed by atoms with Crippen LogP contribution in [0.25, 0.3) is 0 Å². The third-order valence-corrected chi connectivity index (χ3v) is 3.64. The monoisotopic (exact) mass is 255 g/mol. The summed E-state index contributed by atoms with van der Waals surface area (Å²) in [4.78, 5) is 14.5. The Morgan fingerprint density at radius 2 is 2.11 bits per heavy atom. The van der Waals surface area contributed by atoms with E-state index in [9.17, 15) is 4.79 Å². The van der Waals surface area contributed by atoms with Gasteiger partial charge in [0.2, 0.25) is 0 Å². The van der Waals surface area contributed by atoms with Crippen LogP contribution in [-0.2, 0) is 9.53 Å². The molecule has 0 saturated heterocycles. The van der Waals surface area contributed by atoms with Crippen LogP contribution in [0, 0.1) is 11.8 Å². The van der Waals surface area contributed by atoms with Gasteiger partial charge < -0.3 is 9.64 Å². The molecule has 0 spiro atoms. The first-order chi connectivity index (χ1) is 8.63. The number of methoxy groups -OCH3 is 1. The Morgan fingerprint density at radius 3 is 2.78 bits per heavy atom. The molecule has 3 nitrogen and oxygen atoms in total. The largest absolute Gasteiger partial charge is 0.383 e. The van der Waals surface area contributed by atoms with Crippen LogP contribution in [0.2, 0.25) is 0 Å². The number of hydrogen-bond acceptors (Lipinski definition) is 3. The van der Waals surface area contributed by atoms with Gasteiger partial charge in [0.1, 0.15) is 5.78 Å². The lowest BCUT2D eigenvalue weighted by molar-refractivity contribution is -0.123. The van der Waals surface area contributed by atoms with E-state index in [4.69, 9.17) is 4.74 Å². The zero-order valence-electron chi connectivity index (χ0n) is 12.3. The van der Waals surface area contributed by atoms with Gasteiger partial charge in [-0.3, -0.25) is 4.79 Å². The molecule has 0 bridgehead atoms. The topological polar surface area (TPSA) is 29.5 Å². The van der Waals surface area contributed by atoms with Crippen molar-refractivity contribution in [3.05, 3.63) is 0 Å². The third kappa shape index (κ3) is 5.96. The van der Waals surface area contributed by atoms with Crippen LogP contribution < -0.4 is 0 Å². The summed E-state index contributed by atoms with van der Waals surface area (Å²) in [7, 11) is 1.74. The van der Waals surface area contributed by atoms with Crippen LogP contribution in [0.5, 0.6) is 0 Å². The molecule has 3 heteroatoms. The standard InChI is InChI=1S/C15H29NO2/c1-13(2)11-16(9-10-18-3)12-14-7-5-4-6-8-15(14)17/h13-14H,4-12H2,1-3H3. The molecule has 0 heterocycles. The number of ether oxygens (including phenoxy) is 1. The number of carbonyl (C=O) groups excluding carboxylic acids is 1. The highest BCUT2D eigenvalue weighted by Gasteiger charge is 2.23. The summed E-state index contributed by atoms with van der Waals surface area (Å²) in [6, 6.07) is 0. The summed E-state index contributed by atoms with van der Waals surface area (Å²) in [5, 5.41) is 0. The van der Waals surface area contributed by atoms with Gasteiger partial charge in [-0.05, 0) is 18.8 Å². The smallest absolute Gasteiger partial charge is 0.137 e. The highest BCUT2D eigenvalue weighted by molar-refractivity contribution is 5.81. The Morgan fingerprint density at radius 1 is 1.33 bits per heavy atom. The maximum atomic E-state index is 12.1. The van der Waals surface area contributed by atoms with E-state index in [0.29, 0.717) is 11.7 Å². The first-order valence-electron chi connectivity index (χ1n) is 7.37. The molecule has 0 aromatic heterocycles. The van der Waals surface area contributed by atoms with Crippen LogP contribution >= 0.6 is 0 Å². The molecule has 1 fully saturated rings. The lowest BCUT2D eigenvalue weighted by atomic mass is 9.98. The Kier molecular flexibility index (Phi) is 7.52. The van der Waals surface area contributed by atoms with Gasteiger partial charge in [-0.25, -0.2) is 0 Å². The summed E-state index contributed by atoms with van der Waals surface area (Å²) >= 11 is 0. The fourth-order valence-corrected chi connectivity index (χ4v) is 2.73. The molecule has 106 valence electrons. The lowest BCUT2D eigenvalue weighted by Crippen LogP contribution is -2.37. The van der Waals surface area contributed by atoms with Gasteiger partial charge in [0.15, 0.2) is 0 Å². The van der Waals surface area contributed by atoms with Crippen molar-refractivity contribution >= 4 is 5.78 Å². The molecule has 0 radical (unpaired) electrons. The van der Waals surface area contributed by atoms with E-state index in [1.165, 1.54) is 12.8 Å². The first kappa shape index (κ1) is 15.6. The molecule has 1 atom stereocenters. The first-order valence-corrected chi connectivity index (χ1v) is 7.37. The average molecular weight is 255 g/mol. The molecule has 0 aromatic rings. The number of rotatable bonds is 7. The molecule has 1 rings (SSSR count). The molecule has 0 amide bonds. The predicted molar refractivity (Wildman–Crippen MR) is 74.7 cm³/mol. The van der Waals surface area contributed by atoms with Crippen LogP contribution in [0.3, 0.4) is 0 Å². The van der Waals surface area contributed by atoms with Gasteiger partial charge in [-0.2, -0.15) is 0 Å². The van der Waals surface area contributed by atoms with Crippen molar-refractivity contribution in [3.8, 4) is 0 Å². The predicted octanol–water partition coefficient (Wildman–Crippen LogP) is 2.74. The van der Waals surface area contributed by atoms with Crippen molar-refractivity contribution in [1.29, 1.82) is 0 Å². The molecule has 1 aliphatic rings. The highest BCUT2D eigenvalue weighted by Crippen LogP contribution is 2.21. The van der Waals surface area contributed by atoms with Crippen molar-refractivity contribution in [2.75, 3.05) is 33.4 Å². The van der Waals surface area contributed by atoms with Crippen LogP contribution in [0.15, 0.2) is 0 Å². The number of carbonyl (C=O) groups is 1. The van der Waals surface area contributed by atoms with E-state index >= 15 is 0 Å². The molecular weight excluding hydrogens is 226 g/mol.